The molecule has 15 heavy (non-hydrogen) atoms. The third-order valence-corrected chi connectivity index (χ3v) is 2.02. The van der Waals surface area contributed by atoms with E-state index in [4.69, 9.17) is 4.42 Å². The zero-order chi connectivity index (χ0) is 10.8. The van der Waals surface area contributed by atoms with E-state index >= 15 is 0 Å². The first-order valence-electron chi connectivity index (χ1n) is 4.58. The molecule has 1 heterocycles. The molecule has 0 amide bonds. The van der Waals surface area contributed by atoms with Gasteiger partial charge in [0.05, 0.1) is 0 Å². The molecule has 4 heteroatoms. The van der Waals surface area contributed by atoms with Crippen molar-refractivity contribution < 1.29 is 9.21 Å². The summed E-state index contributed by atoms with van der Waals surface area (Å²) in [5.41, 5.74) is 1.98. The maximum absolute atomic E-state index is 10.9. The van der Waals surface area contributed by atoms with E-state index in [-0.39, 0.29) is 11.7 Å². The Morgan fingerprint density at radius 2 is 1.87 bits per heavy atom. The Kier molecular flexibility index (Phi) is 2.33. The summed E-state index contributed by atoms with van der Waals surface area (Å²) in [5.74, 6) is 0.201. The SMILES string of the molecule is CC(=O)c1nnc(-c2ccc(C)cc2)o1. The molecule has 0 unspecified atom stereocenters. The Bertz CT molecular complexity index is 486. The molecule has 0 N–H and O–H groups in total. The van der Waals surface area contributed by atoms with Gasteiger partial charge < -0.3 is 4.42 Å². The molecule has 0 atom stereocenters. The quantitative estimate of drug-likeness (QED) is 0.701. The zero-order valence-electron chi connectivity index (χ0n) is 8.52. The van der Waals surface area contributed by atoms with Crippen molar-refractivity contribution in [2.45, 2.75) is 13.8 Å². The predicted octanol–water partition coefficient (Wildman–Crippen LogP) is 2.25. The summed E-state index contributed by atoms with van der Waals surface area (Å²) in [4.78, 5) is 10.9. The molecule has 4 nitrogen and oxygen atoms in total. The maximum atomic E-state index is 10.9. The van der Waals surface area contributed by atoms with Gasteiger partial charge >= 0.3 is 0 Å². The smallest absolute Gasteiger partial charge is 0.283 e. The lowest BCUT2D eigenvalue weighted by Gasteiger charge is -1.94. The Labute approximate surface area is 86.9 Å². The molecule has 0 saturated carbocycles. The normalized spacial score (nSPS) is 10.3. The molecule has 0 spiro atoms. The minimum atomic E-state index is -0.221. The molecular formula is C11H10N2O2. The van der Waals surface area contributed by atoms with Crippen LogP contribution < -0.4 is 0 Å². The number of aryl methyl sites for hydroxylation is 1. The van der Waals surface area contributed by atoms with Gasteiger partial charge in [-0.1, -0.05) is 17.7 Å². The van der Waals surface area contributed by atoms with Gasteiger partial charge in [-0.05, 0) is 19.1 Å². The van der Waals surface area contributed by atoms with Crippen molar-refractivity contribution in [2.24, 2.45) is 0 Å². The van der Waals surface area contributed by atoms with Gasteiger partial charge in [0.2, 0.25) is 11.7 Å². The maximum Gasteiger partial charge on any atom is 0.283 e. The molecule has 0 bridgehead atoms. The number of hydrogen-bond acceptors (Lipinski definition) is 4. The van der Waals surface area contributed by atoms with Crippen molar-refractivity contribution in [1.82, 2.24) is 10.2 Å². The van der Waals surface area contributed by atoms with E-state index < -0.39 is 0 Å². The highest BCUT2D eigenvalue weighted by Gasteiger charge is 2.11. The van der Waals surface area contributed by atoms with Crippen LogP contribution in [0.15, 0.2) is 28.7 Å². The van der Waals surface area contributed by atoms with Crippen molar-refractivity contribution in [3.05, 3.63) is 35.7 Å². The van der Waals surface area contributed by atoms with Crippen molar-refractivity contribution in [2.75, 3.05) is 0 Å². The number of Topliss-reactive ketones (excluding diaryl/α,β-unsaturated/α-hetero) is 1. The Morgan fingerprint density at radius 1 is 1.20 bits per heavy atom. The fraction of sp³-hybridized carbons (Fsp3) is 0.182. The number of nitrogens with zero attached hydrogens (tertiary/aromatic N) is 2. The van der Waals surface area contributed by atoms with Gasteiger partial charge in [0.25, 0.3) is 5.89 Å². The molecule has 2 rings (SSSR count). The number of carbonyl (C=O) groups is 1. The number of aromatic nitrogens is 2. The van der Waals surface area contributed by atoms with Crippen LogP contribution in [-0.2, 0) is 0 Å². The topological polar surface area (TPSA) is 56.0 Å². The van der Waals surface area contributed by atoms with Crippen molar-refractivity contribution in [1.29, 1.82) is 0 Å². The standard InChI is InChI=1S/C11H10N2O2/c1-7-3-5-9(6-4-7)11-13-12-10(15-11)8(2)14/h3-6H,1-2H3. The molecule has 0 aliphatic carbocycles. The third-order valence-electron chi connectivity index (χ3n) is 2.02. The Balaban J connectivity index is 2.37. The minimum absolute atomic E-state index is 0.0468. The van der Waals surface area contributed by atoms with Crippen molar-refractivity contribution in [3.63, 3.8) is 0 Å². The van der Waals surface area contributed by atoms with Gasteiger partial charge in [-0.2, -0.15) is 0 Å². The highest BCUT2D eigenvalue weighted by molar-refractivity contribution is 5.89. The molecule has 0 radical (unpaired) electrons. The van der Waals surface area contributed by atoms with Gasteiger partial charge in [-0.15, -0.1) is 10.2 Å². The van der Waals surface area contributed by atoms with Crippen LogP contribution in [-0.4, -0.2) is 16.0 Å². The molecular weight excluding hydrogens is 192 g/mol. The first-order valence-corrected chi connectivity index (χ1v) is 4.58. The van der Waals surface area contributed by atoms with E-state index in [1.54, 1.807) is 0 Å². The van der Waals surface area contributed by atoms with Crippen LogP contribution in [0, 0.1) is 6.92 Å². The summed E-state index contributed by atoms with van der Waals surface area (Å²) >= 11 is 0. The number of ketones is 1. The number of hydrogen-bond donors (Lipinski definition) is 0. The fourth-order valence-electron chi connectivity index (χ4n) is 1.18. The van der Waals surface area contributed by atoms with Crippen LogP contribution in [0.5, 0.6) is 0 Å². The molecule has 2 aromatic rings. The second-order valence-corrected chi connectivity index (χ2v) is 3.33. The lowest BCUT2D eigenvalue weighted by atomic mass is 10.1. The van der Waals surface area contributed by atoms with Gasteiger partial charge in [-0.3, -0.25) is 4.79 Å². The van der Waals surface area contributed by atoms with E-state index in [9.17, 15) is 4.79 Å². The lowest BCUT2D eigenvalue weighted by molar-refractivity contribution is 0.0981. The number of benzene rings is 1. The van der Waals surface area contributed by atoms with Crippen LogP contribution in [0.25, 0.3) is 11.5 Å². The van der Waals surface area contributed by atoms with Crippen LogP contribution in [0.2, 0.25) is 0 Å². The van der Waals surface area contributed by atoms with E-state index in [1.165, 1.54) is 6.92 Å². The number of carbonyl (C=O) groups excluding carboxylic acids is 1. The summed E-state index contributed by atoms with van der Waals surface area (Å²) in [5, 5.41) is 7.45. The highest BCUT2D eigenvalue weighted by atomic mass is 16.4. The second-order valence-electron chi connectivity index (χ2n) is 3.33. The number of rotatable bonds is 2. The van der Waals surface area contributed by atoms with Crippen LogP contribution in [0.4, 0.5) is 0 Å². The molecule has 1 aromatic carbocycles. The largest absolute Gasteiger partial charge is 0.414 e. The molecule has 0 fully saturated rings. The lowest BCUT2D eigenvalue weighted by Crippen LogP contribution is -1.90. The summed E-state index contributed by atoms with van der Waals surface area (Å²) in [6.45, 7) is 3.39. The molecule has 0 saturated heterocycles. The monoisotopic (exact) mass is 202 g/mol. The fourth-order valence-corrected chi connectivity index (χ4v) is 1.18. The van der Waals surface area contributed by atoms with Crippen LogP contribution >= 0.6 is 0 Å². The second kappa shape index (κ2) is 3.65. The average Bonchev–Trinajstić information content (AvgIpc) is 2.68. The summed E-state index contributed by atoms with van der Waals surface area (Å²) < 4.78 is 5.20. The molecule has 1 aromatic heterocycles. The molecule has 0 aliphatic rings. The Hall–Kier alpha value is -1.97. The van der Waals surface area contributed by atoms with Crippen LogP contribution in [0.1, 0.15) is 23.2 Å². The first-order chi connectivity index (χ1) is 7.16. The molecule has 76 valence electrons. The van der Waals surface area contributed by atoms with E-state index in [2.05, 4.69) is 10.2 Å². The predicted molar refractivity (Wildman–Crippen MR) is 54.5 cm³/mol. The van der Waals surface area contributed by atoms with Gasteiger partial charge in [0.1, 0.15) is 0 Å². The third kappa shape index (κ3) is 1.93. The van der Waals surface area contributed by atoms with Gasteiger partial charge in [0, 0.05) is 12.5 Å². The van der Waals surface area contributed by atoms with Crippen molar-refractivity contribution in [3.8, 4) is 11.5 Å². The van der Waals surface area contributed by atoms with Crippen molar-refractivity contribution >= 4 is 5.78 Å². The van der Waals surface area contributed by atoms with E-state index in [1.807, 2.05) is 31.2 Å². The summed E-state index contributed by atoms with van der Waals surface area (Å²) in [6.07, 6.45) is 0. The van der Waals surface area contributed by atoms with E-state index in [0.29, 0.717) is 5.89 Å². The van der Waals surface area contributed by atoms with Gasteiger partial charge in [-0.25, -0.2) is 0 Å². The summed E-state index contributed by atoms with van der Waals surface area (Å²) in [7, 11) is 0. The minimum Gasteiger partial charge on any atom is -0.414 e. The van der Waals surface area contributed by atoms with Gasteiger partial charge in [0.15, 0.2) is 0 Å². The highest BCUT2D eigenvalue weighted by Crippen LogP contribution is 2.18. The Morgan fingerprint density at radius 3 is 2.40 bits per heavy atom. The van der Waals surface area contributed by atoms with Crippen LogP contribution in [0.3, 0.4) is 0 Å². The summed E-state index contributed by atoms with van der Waals surface area (Å²) in [6, 6.07) is 7.67. The molecule has 0 aliphatic heterocycles. The average molecular weight is 202 g/mol. The zero-order valence-corrected chi connectivity index (χ0v) is 8.52. The first kappa shape index (κ1) is 9.58. The van der Waals surface area contributed by atoms with E-state index in [0.717, 1.165) is 11.1 Å².